The smallest absolute Gasteiger partial charge is 0.0320 e. The van der Waals surface area contributed by atoms with E-state index in [2.05, 4.69) is 27.7 Å². The maximum Gasteiger partial charge on any atom is -0.0320 e. The summed E-state index contributed by atoms with van der Waals surface area (Å²) in [5.41, 5.74) is 3.55. The van der Waals surface area contributed by atoms with Crippen LogP contribution in [0.25, 0.3) is 0 Å². The molecule has 2 unspecified atom stereocenters. The lowest BCUT2D eigenvalue weighted by molar-refractivity contribution is 0.724. The first-order valence-electron chi connectivity index (χ1n) is 6.49. The van der Waals surface area contributed by atoms with Crippen LogP contribution < -0.4 is 0 Å². The minimum absolute atomic E-state index is 0. The average Bonchev–Trinajstić information content (AvgIpc) is 2.17. The second-order valence-electron chi connectivity index (χ2n) is 4.21. The fourth-order valence-corrected chi connectivity index (χ4v) is 2.16. The van der Waals surface area contributed by atoms with Gasteiger partial charge in [0.05, 0.1) is 0 Å². The van der Waals surface area contributed by atoms with E-state index in [0.717, 1.165) is 0 Å². The molecule has 0 aromatic rings. The highest BCUT2D eigenvalue weighted by molar-refractivity contribution is 6.92. The average molecular weight is 264 g/mol. The van der Waals surface area contributed by atoms with Crippen molar-refractivity contribution in [2.24, 2.45) is 0 Å². The molecule has 0 spiro atoms. The van der Waals surface area contributed by atoms with Crippen LogP contribution in [0.1, 0.15) is 79.1 Å². The summed E-state index contributed by atoms with van der Waals surface area (Å²) in [6, 6.07) is 0. The summed E-state index contributed by atoms with van der Waals surface area (Å²) >= 11 is 0. The van der Waals surface area contributed by atoms with Crippen molar-refractivity contribution in [3.05, 3.63) is 11.1 Å². The first-order valence-corrected chi connectivity index (χ1v) is 6.49. The highest BCUT2D eigenvalue weighted by Gasteiger charge is 2.04. The zero-order chi connectivity index (χ0) is 10.8. The maximum atomic E-state index is 2.30. The summed E-state index contributed by atoms with van der Waals surface area (Å²) in [5, 5.41) is 0. The molecule has 0 aromatic carbocycles. The SMILES string of the molecule is CCCC(CCC)=C(CCC)CCC.P.P. The van der Waals surface area contributed by atoms with E-state index in [1.165, 1.54) is 51.4 Å². The minimum Gasteiger partial charge on any atom is -0.153 e. The van der Waals surface area contributed by atoms with Crippen LogP contribution in [0, 0.1) is 0 Å². The fraction of sp³-hybridized carbons (Fsp3) is 0.857. The van der Waals surface area contributed by atoms with Crippen LogP contribution in [0.5, 0.6) is 0 Å². The normalized spacial score (nSPS) is 9.00. The van der Waals surface area contributed by atoms with E-state index in [9.17, 15) is 0 Å². The fourth-order valence-electron chi connectivity index (χ4n) is 2.16. The third kappa shape index (κ3) is 9.80. The molecule has 2 heteroatoms. The summed E-state index contributed by atoms with van der Waals surface area (Å²) in [5.74, 6) is 0. The van der Waals surface area contributed by atoms with Gasteiger partial charge in [0, 0.05) is 0 Å². The van der Waals surface area contributed by atoms with Gasteiger partial charge in [-0.05, 0) is 25.7 Å². The van der Waals surface area contributed by atoms with Crippen LogP contribution in [-0.4, -0.2) is 0 Å². The molecule has 0 saturated heterocycles. The van der Waals surface area contributed by atoms with E-state index in [1.54, 1.807) is 11.1 Å². The lowest BCUT2D eigenvalue weighted by atomic mass is 9.93. The predicted molar refractivity (Wildman–Crippen MR) is 88.9 cm³/mol. The van der Waals surface area contributed by atoms with Crippen LogP contribution >= 0.6 is 19.8 Å². The largest absolute Gasteiger partial charge is 0.153 e. The summed E-state index contributed by atoms with van der Waals surface area (Å²) in [7, 11) is 0. The molecule has 0 amide bonds. The van der Waals surface area contributed by atoms with Crippen LogP contribution in [-0.2, 0) is 0 Å². The Hall–Kier alpha value is 0.600. The predicted octanol–water partition coefficient (Wildman–Crippen LogP) is 5.60. The molecule has 0 heterocycles. The first kappa shape index (κ1) is 21.8. The minimum atomic E-state index is 0. The second kappa shape index (κ2) is 15.6. The molecule has 100 valence electrons. The van der Waals surface area contributed by atoms with E-state index in [4.69, 9.17) is 0 Å². The van der Waals surface area contributed by atoms with Gasteiger partial charge in [-0.25, -0.2) is 0 Å². The Balaban J connectivity index is -0.000000845. The molecule has 0 aliphatic carbocycles. The lowest BCUT2D eigenvalue weighted by Gasteiger charge is -2.13. The first-order chi connectivity index (χ1) is 6.79. The van der Waals surface area contributed by atoms with E-state index in [0.29, 0.717) is 0 Å². The third-order valence-corrected chi connectivity index (χ3v) is 2.71. The second-order valence-corrected chi connectivity index (χ2v) is 4.21. The molecule has 0 nitrogen and oxygen atoms in total. The van der Waals surface area contributed by atoms with Gasteiger partial charge in [-0.1, -0.05) is 64.5 Å². The van der Waals surface area contributed by atoms with Gasteiger partial charge in [-0.3, -0.25) is 0 Å². The van der Waals surface area contributed by atoms with Crippen molar-refractivity contribution in [2.75, 3.05) is 0 Å². The molecule has 0 aliphatic heterocycles. The van der Waals surface area contributed by atoms with E-state index in [-0.39, 0.29) is 19.8 Å². The van der Waals surface area contributed by atoms with Crippen molar-refractivity contribution in [2.45, 2.75) is 79.1 Å². The highest BCUT2D eigenvalue weighted by Crippen LogP contribution is 2.24. The van der Waals surface area contributed by atoms with Crippen molar-refractivity contribution >= 4 is 19.8 Å². The van der Waals surface area contributed by atoms with E-state index in [1.807, 2.05) is 0 Å². The number of rotatable bonds is 8. The zero-order valence-electron chi connectivity index (χ0n) is 12.1. The van der Waals surface area contributed by atoms with E-state index < -0.39 is 0 Å². The van der Waals surface area contributed by atoms with Crippen molar-refractivity contribution in [3.8, 4) is 0 Å². The molecule has 0 radical (unpaired) electrons. The Labute approximate surface area is 110 Å². The summed E-state index contributed by atoms with van der Waals surface area (Å²) < 4.78 is 0. The van der Waals surface area contributed by atoms with Crippen molar-refractivity contribution in [1.82, 2.24) is 0 Å². The summed E-state index contributed by atoms with van der Waals surface area (Å²) in [6.07, 6.45) is 10.6. The van der Waals surface area contributed by atoms with Gasteiger partial charge in [0.2, 0.25) is 0 Å². The standard InChI is InChI=1S/C14H28.2H3P/c1-5-9-13(10-6-2)14(11-7-3)12-8-4;;/h5-12H2,1-4H3;2*1H3. The Morgan fingerprint density at radius 2 is 0.688 bits per heavy atom. The molecule has 0 aromatic heterocycles. The molecular weight excluding hydrogens is 230 g/mol. The molecule has 0 N–H and O–H groups in total. The van der Waals surface area contributed by atoms with E-state index >= 15 is 0 Å². The monoisotopic (exact) mass is 264 g/mol. The van der Waals surface area contributed by atoms with Crippen LogP contribution in [0.3, 0.4) is 0 Å². The maximum absolute atomic E-state index is 2.30. The van der Waals surface area contributed by atoms with Gasteiger partial charge in [0.25, 0.3) is 0 Å². The van der Waals surface area contributed by atoms with Crippen molar-refractivity contribution < 1.29 is 0 Å². The van der Waals surface area contributed by atoms with Crippen LogP contribution in [0.15, 0.2) is 11.1 Å². The molecule has 16 heavy (non-hydrogen) atoms. The number of hydrogen-bond donors (Lipinski definition) is 0. The number of hydrogen-bond acceptors (Lipinski definition) is 0. The van der Waals surface area contributed by atoms with Gasteiger partial charge in [-0.2, -0.15) is 19.8 Å². The van der Waals surface area contributed by atoms with Gasteiger partial charge >= 0.3 is 0 Å². The topological polar surface area (TPSA) is 0 Å². The molecule has 0 rings (SSSR count). The van der Waals surface area contributed by atoms with Gasteiger partial charge in [0.1, 0.15) is 0 Å². The molecule has 0 saturated carbocycles. The number of allylic oxidation sites excluding steroid dienone is 2. The highest BCUT2D eigenvalue weighted by atomic mass is 31.0. The lowest BCUT2D eigenvalue weighted by Crippen LogP contribution is -1.93. The molecular formula is C14H34P2. The van der Waals surface area contributed by atoms with Gasteiger partial charge in [-0.15, -0.1) is 0 Å². The Morgan fingerprint density at radius 3 is 0.812 bits per heavy atom. The van der Waals surface area contributed by atoms with Crippen molar-refractivity contribution in [3.63, 3.8) is 0 Å². The van der Waals surface area contributed by atoms with Crippen LogP contribution in [0.2, 0.25) is 0 Å². The third-order valence-electron chi connectivity index (χ3n) is 2.71. The summed E-state index contributed by atoms with van der Waals surface area (Å²) in [4.78, 5) is 0. The van der Waals surface area contributed by atoms with Crippen molar-refractivity contribution in [1.29, 1.82) is 0 Å². The molecule has 0 bridgehead atoms. The Morgan fingerprint density at radius 1 is 0.500 bits per heavy atom. The van der Waals surface area contributed by atoms with Crippen LogP contribution in [0.4, 0.5) is 0 Å². The Bertz CT molecular complexity index is 128. The molecule has 0 fully saturated rings. The quantitative estimate of drug-likeness (QED) is 0.395. The van der Waals surface area contributed by atoms with Gasteiger partial charge in [0.15, 0.2) is 0 Å². The zero-order valence-corrected chi connectivity index (χ0v) is 14.9. The molecule has 0 aliphatic rings. The Kier molecular flexibility index (Phi) is 21.3. The molecule has 2 atom stereocenters. The van der Waals surface area contributed by atoms with Gasteiger partial charge < -0.3 is 0 Å². The summed E-state index contributed by atoms with van der Waals surface area (Å²) in [6.45, 7) is 9.19.